The van der Waals surface area contributed by atoms with Gasteiger partial charge in [-0.1, -0.05) is 0 Å². The van der Waals surface area contributed by atoms with Crippen LogP contribution in [-0.4, -0.2) is 6.10 Å². The monoisotopic (exact) mass is 205 g/mol. The average Bonchev–Trinajstić information content (AvgIpc) is 2.27. The summed E-state index contributed by atoms with van der Waals surface area (Å²) in [6.07, 6.45) is 1.50. The summed E-state index contributed by atoms with van der Waals surface area (Å²) in [6.45, 7) is 1.85. The minimum absolute atomic E-state index is 0.0621. The molecule has 15 heavy (non-hydrogen) atoms. The zero-order valence-corrected chi connectivity index (χ0v) is 8.53. The smallest absolute Gasteiger partial charge is 0.123 e. The van der Waals surface area contributed by atoms with E-state index in [4.69, 9.17) is 10.00 Å². The highest BCUT2D eigenvalue weighted by atomic mass is 19.1. The van der Waals surface area contributed by atoms with E-state index >= 15 is 0 Å². The first-order valence-electron chi connectivity index (χ1n) is 5.05. The fraction of sp³-hybridized carbons (Fsp3) is 0.417. The van der Waals surface area contributed by atoms with Gasteiger partial charge in [0.2, 0.25) is 0 Å². The molecule has 1 aromatic rings. The summed E-state index contributed by atoms with van der Waals surface area (Å²) >= 11 is 0. The highest BCUT2D eigenvalue weighted by molar-refractivity contribution is 5.36. The number of halogens is 1. The van der Waals surface area contributed by atoms with Gasteiger partial charge in [-0.15, -0.1) is 0 Å². The fourth-order valence-corrected chi connectivity index (χ4v) is 1.81. The summed E-state index contributed by atoms with van der Waals surface area (Å²) in [5.41, 5.74) is 0.899. The summed E-state index contributed by atoms with van der Waals surface area (Å²) in [6, 6.07) is 6.71. The van der Waals surface area contributed by atoms with Gasteiger partial charge in [0.15, 0.2) is 0 Å². The summed E-state index contributed by atoms with van der Waals surface area (Å²) < 4.78 is 18.6. The third-order valence-corrected chi connectivity index (χ3v) is 2.76. The van der Waals surface area contributed by atoms with Crippen LogP contribution >= 0.6 is 0 Å². The normalized spacial score (nSPS) is 21.0. The number of nitriles is 1. The molecule has 0 aliphatic carbocycles. The molecular weight excluding hydrogens is 193 g/mol. The van der Waals surface area contributed by atoms with Gasteiger partial charge in [0.25, 0.3) is 0 Å². The van der Waals surface area contributed by atoms with E-state index in [0.29, 0.717) is 0 Å². The molecule has 2 rings (SSSR count). The van der Waals surface area contributed by atoms with Gasteiger partial charge >= 0.3 is 0 Å². The van der Waals surface area contributed by atoms with Gasteiger partial charge in [0.1, 0.15) is 17.7 Å². The maximum Gasteiger partial charge on any atom is 0.123 e. The molecule has 2 atom stereocenters. The van der Waals surface area contributed by atoms with Crippen LogP contribution in [0.25, 0.3) is 0 Å². The van der Waals surface area contributed by atoms with Gasteiger partial charge in [-0.25, -0.2) is 4.39 Å². The van der Waals surface area contributed by atoms with Crippen LogP contribution in [0.1, 0.15) is 18.9 Å². The number of benzene rings is 1. The molecule has 1 aliphatic heterocycles. The Morgan fingerprint density at radius 2 is 2.40 bits per heavy atom. The molecule has 0 amide bonds. The van der Waals surface area contributed by atoms with Crippen LogP contribution in [0, 0.1) is 23.1 Å². The largest absolute Gasteiger partial charge is 0.489 e. The van der Waals surface area contributed by atoms with E-state index < -0.39 is 0 Å². The maximum absolute atomic E-state index is 12.9. The molecule has 3 heteroatoms. The predicted octanol–water partition coefficient (Wildman–Crippen LogP) is 2.68. The van der Waals surface area contributed by atoms with Crippen molar-refractivity contribution in [3.63, 3.8) is 0 Å². The Morgan fingerprint density at radius 3 is 3.13 bits per heavy atom. The SMILES string of the molecule is CC(C#N)C1CCc2cc(F)ccc2O1. The van der Waals surface area contributed by atoms with Crippen molar-refractivity contribution >= 4 is 0 Å². The van der Waals surface area contributed by atoms with Gasteiger partial charge in [0.05, 0.1) is 12.0 Å². The van der Waals surface area contributed by atoms with Crippen molar-refractivity contribution in [3.05, 3.63) is 29.6 Å². The molecule has 1 heterocycles. The van der Waals surface area contributed by atoms with E-state index in [0.717, 1.165) is 24.2 Å². The van der Waals surface area contributed by atoms with E-state index in [1.54, 1.807) is 6.07 Å². The molecule has 0 aromatic heterocycles. The number of rotatable bonds is 1. The first-order chi connectivity index (χ1) is 7.20. The molecule has 0 fully saturated rings. The van der Waals surface area contributed by atoms with Crippen LogP contribution in [0.2, 0.25) is 0 Å². The van der Waals surface area contributed by atoms with Crippen molar-refractivity contribution < 1.29 is 9.13 Å². The molecule has 1 aliphatic rings. The molecule has 0 bridgehead atoms. The van der Waals surface area contributed by atoms with Crippen molar-refractivity contribution in [1.82, 2.24) is 0 Å². The highest BCUT2D eigenvalue weighted by Gasteiger charge is 2.24. The number of nitrogens with zero attached hydrogens (tertiary/aromatic N) is 1. The first kappa shape index (κ1) is 9.97. The van der Waals surface area contributed by atoms with E-state index in [2.05, 4.69) is 6.07 Å². The van der Waals surface area contributed by atoms with E-state index in [9.17, 15) is 4.39 Å². The fourth-order valence-electron chi connectivity index (χ4n) is 1.81. The molecule has 78 valence electrons. The molecule has 2 nitrogen and oxygen atoms in total. The average molecular weight is 205 g/mol. The third kappa shape index (κ3) is 1.94. The number of hydrogen-bond acceptors (Lipinski definition) is 2. The maximum atomic E-state index is 12.9. The second-order valence-electron chi connectivity index (χ2n) is 3.86. The second kappa shape index (κ2) is 3.90. The lowest BCUT2D eigenvalue weighted by Gasteiger charge is -2.27. The van der Waals surface area contributed by atoms with Gasteiger partial charge in [-0.3, -0.25) is 0 Å². The number of aryl methyl sites for hydroxylation is 1. The summed E-state index contributed by atoms with van der Waals surface area (Å²) in [5.74, 6) is 0.363. The van der Waals surface area contributed by atoms with Crippen LogP contribution in [0.3, 0.4) is 0 Å². The van der Waals surface area contributed by atoms with E-state index in [1.807, 2.05) is 6.92 Å². The molecule has 1 aromatic carbocycles. The Bertz CT molecular complexity index is 411. The van der Waals surface area contributed by atoms with Crippen LogP contribution < -0.4 is 4.74 Å². The molecule has 0 saturated heterocycles. The summed E-state index contributed by atoms with van der Waals surface area (Å²) in [5, 5.41) is 8.79. The first-order valence-corrected chi connectivity index (χ1v) is 5.05. The number of fused-ring (bicyclic) bond motifs is 1. The van der Waals surface area contributed by atoms with Crippen LogP contribution in [0.5, 0.6) is 5.75 Å². The second-order valence-corrected chi connectivity index (χ2v) is 3.86. The van der Waals surface area contributed by atoms with Crippen molar-refractivity contribution in [3.8, 4) is 11.8 Å². The van der Waals surface area contributed by atoms with Crippen LogP contribution in [-0.2, 0) is 6.42 Å². The molecular formula is C12H12FNO. The Morgan fingerprint density at radius 1 is 1.60 bits per heavy atom. The minimum Gasteiger partial charge on any atom is -0.489 e. The lowest BCUT2D eigenvalue weighted by Crippen LogP contribution is -2.28. The Balaban J connectivity index is 2.21. The highest BCUT2D eigenvalue weighted by Crippen LogP contribution is 2.30. The lowest BCUT2D eigenvalue weighted by atomic mass is 9.95. The van der Waals surface area contributed by atoms with Gasteiger partial charge in [0, 0.05) is 0 Å². The zero-order valence-electron chi connectivity index (χ0n) is 8.53. The van der Waals surface area contributed by atoms with Gasteiger partial charge < -0.3 is 4.74 Å². The van der Waals surface area contributed by atoms with Crippen molar-refractivity contribution in [2.45, 2.75) is 25.9 Å². The van der Waals surface area contributed by atoms with E-state index in [1.165, 1.54) is 12.1 Å². The number of hydrogen-bond donors (Lipinski definition) is 0. The minimum atomic E-state index is -0.232. The summed E-state index contributed by atoms with van der Waals surface area (Å²) in [4.78, 5) is 0. The Labute approximate surface area is 88.3 Å². The van der Waals surface area contributed by atoms with Crippen LogP contribution in [0.15, 0.2) is 18.2 Å². The van der Waals surface area contributed by atoms with Crippen molar-refractivity contribution in [1.29, 1.82) is 5.26 Å². The quantitative estimate of drug-likeness (QED) is 0.706. The molecule has 2 unspecified atom stereocenters. The molecule has 0 saturated carbocycles. The Kier molecular flexibility index (Phi) is 2.59. The van der Waals surface area contributed by atoms with E-state index in [-0.39, 0.29) is 17.8 Å². The predicted molar refractivity (Wildman–Crippen MR) is 53.9 cm³/mol. The summed E-state index contributed by atoms with van der Waals surface area (Å²) in [7, 11) is 0. The standard InChI is InChI=1S/C12H12FNO/c1-8(7-14)11-4-2-9-6-10(13)3-5-12(9)15-11/h3,5-6,8,11H,2,4H2,1H3. The van der Waals surface area contributed by atoms with Crippen molar-refractivity contribution in [2.75, 3.05) is 0 Å². The molecule has 0 spiro atoms. The Hall–Kier alpha value is -1.56. The van der Waals surface area contributed by atoms with Crippen LogP contribution in [0.4, 0.5) is 4.39 Å². The van der Waals surface area contributed by atoms with Gasteiger partial charge in [-0.05, 0) is 43.5 Å². The molecule has 0 radical (unpaired) electrons. The van der Waals surface area contributed by atoms with Crippen molar-refractivity contribution in [2.24, 2.45) is 5.92 Å². The third-order valence-electron chi connectivity index (χ3n) is 2.76. The zero-order chi connectivity index (χ0) is 10.8. The van der Waals surface area contributed by atoms with Gasteiger partial charge in [-0.2, -0.15) is 5.26 Å². The molecule has 0 N–H and O–H groups in total. The lowest BCUT2D eigenvalue weighted by molar-refractivity contribution is 0.141. The topological polar surface area (TPSA) is 33.0 Å². The number of ether oxygens (including phenoxy) is 1.